The van der Waals surface area contributed by atoms with Gasteiger partial charge in [0.15, 0.2) is 12.1 Å². The van der Waals surface area contributed by atoms with Crippen molar-refractivity contribution in [2.75, 3.05) is 16.8 Å². The first kappa shape index (κ1) is 15.9. The van der Waals surface area contributed by atoms with Gasteiger partial charge in [-0.25, -0.2) is 4.90 Å². The summed E-state index contributed by atoms with van der Waals surface area (Å²) in [4.78, 5) is 38.6. The number of hydrogen-bond acceptors (Lipinski definition) is 6. The lowest BCUT2D eigenvalue weighted by Gasteiger charge is -2.20. The molecule has 2 atom stereocenters. The topological polar surface area (TPSA) is 94.4 Å². The van der Waals surface area contributed by atoms with Crippen molar-refractivity contribution in [3.8, 4) is 0 Å². The minimum absolute atomic E-state index is 0.165. The monoisotopic (exact) mass is 349 g/mol. The summed E-state index contributed by atoms with van der Waals surface area (Å²) in [6, 6.07) is 15.8. The Morgan fingerprint density at radius 3 is 2.31 bits per heavy atom. The number of benzene rings is 2. The summed E-state index contributed by atoms with van der Waals surface area (Å²) in [5.41, 5.74) is 1.13. The summed E-state index contributed by atoms with van der Waals surface area (Å²) in [5, 5.41) is 11.8. The van der Waals surface area contributed by atoms with Gasteiger partial charge < -0.3 is 5.32 Å². The molecular weight excluding hydrogens is 334 g/mol. The van der Waals surface area contributed by atoms with Gasteiger partial charge in [0.1, 0.15) is 6.54 Å². The van der Waals surface area contributed by atoms with E-state index < -0.39 is 23.9 Å². The summed E-state index contributed by atoms with van der Waals surface area (Å²) in [7, 11) is 0. The molecule has 0 unspecified atom stereocenters. The molecule has 0 spiro atoms. The predicted molar refractivity (Wildman–Crippen MR) is 93.1 cm³/mol. The largest absolute Gasteiger partial charge is 0.324 e. The Morgan fingerprint density at radius 1 is 0.962 bits per heavy atom. The van der Waals surface area contributed by atoms with Crippen LogP contribution in [-0.2, 0) is 14.4 Å². The lowest BCUT2D eigenvalue weighted by Crippen LogP contribution is -2.43. The number of fused-ring (bicyclic) bond motifs is 1. The van der Waals surface area contributed by atoms with Crippen molar-refractivity contribution in [2.45, 2.75) is 12.1 Å². The molecule has 0 bridgehead atoms. The van der Waals surface area contributed by atoms with E-state index in [9.17, 15) is 14.4 Å². The number of imide groups is 1. The van der Waals surface area contributed by atoms with E-state index in [2.05, 4.69) is 15.7 Å². The van der Waals surface area contributed by atoms with Crippen molar-refractivity contribution in [3.05, 3.63) is 60.7 Å². The van der Waals surface area contributed by atoms with E-state index >= 15 is 0 Å². The van der Waals surface area contributed by atoms with Crippen LogP contribution in [0.1, 0.15) is 0 Å². The molecule has 8 heteroatoms. The molecule has 3 amide bonds. The van der Waals surface area contributed by atoms with E-state index in [0.29, 0.717) is 11.4 Å². The Hall–Kier alpha value is -3.55. The molecule has 1 fully saturated rings. The number of rotatable bonds is 4. The van der Waals surface area contributed by atoms with Crippen LogP contribution >= 0.6 is 0 Å². The normalized spacial score (nSPS) is 21.2. The zero-order chi connectivity index (χ0) is 18.1. The maximum absolute atomic E-state index is 12.8. The van der Waals surface area contributed by atoms with Crippen molar-refractivity contribution in [1.29, 1.82) is 0 Å². The van der Waals surface area contributed by atoms with Crippen molar-refractivity contribution in [1.82, 2.24) is 5.01 Å². The summed E-state index contributed by atoms with van der Waals surface area (Å²) in [6.07, 6.45) is 0. The van der Waals surface area contributed by atoms with Gasteiger partial charge in [0, 0.05) is 5.69 Å². The van der Waals surface area contributed by atoms with Crippen LogP contribution in [0, 0.1) is 0 Å². The van der Waals surface area contributed by atoms with Crippen LogP contribution in [0.2, 0.25) is 0 Å². The molecule has 2 aromatic carbocycles. The molecule has 4 rings (SSSR count). The van der Waals surface area contributed by atoms with Gasteiger partial charge >= 0.3 is 0 Å². The predicted octanol–water partition coefficient (Wildman–Crippen LogP) is 1.62. The highest BCUT2D eigenvalue weighted by Crippen LogP contribution is 2.31. The number of anilines is 2. The Morgan fingerprint density at radius 2 is 1.62 bits per heavy atom. The summed E-state index contributed by atoms with van der Waals surface area (Å²) >= 11 is 0. The number of nitrogens with one attached hydrogen (secondary N) is 1. The molecule has 2 aliphatic heterocycles. The van der Waals surface area contributed by atoms with Crippen LogP contribution in [0.5, 0.6) is 0 Å². The minimum atomic E-state index is -0.910. The van der Waals surface area contributed by atoms with Crippen LogP contribution in [0.15, 0.2) is 71.0 Å². The second-order valence-corrected chi connectivity index (χ2v) is 5.95. The number of carbonyl (C=O) groups excluding carboxylic acids is 3. The Kier molecular flexibility index (Phi) is 3.92. The Bertz CT molecular complexity index is 884. The van der Waals surface area contributed by atoms with Gasteiger partial charge in [-0.05, 0) is 24.3 Å². The maximum atomic E-state index is 12.8. The third kappa shape index (κ3) is 2.71. The van der Waals surface area contributed by atoms with Gasteiger partial charge in [-0.3, -0.25) is 19.4 Å². The van der Waals surface area contributed by atoms with Gasteiger partial charge in [-0.2, -0.15) is 5.11 Å². The molecule has 130 valence electrons. The molecule has 0 saturated carbocycles. The zero-order valence-electron chi connectivity index (χ0n) is 13.6. The lowest BCUT2D eigenvalue weighted by molar-refractivity contribution is -0.123. The highest BCUT2D eigenvalue weighted by molar-refractivity contribution is 6.25. The Balaban J connectivity index is 1.49. The van der Waals surface area contributed by atoms with Crippen LogP contribution in [-0.4, -0.2) is 41.4 Å². The van der Waals surface area contributed by atoms with E-state index in [-0.39, 0.29) is 12.5 Å². The molecule has 2 aromatic rings. The lowest BCUT2D eigenvalue weighted by atomic mass is 10.1. The van der Waals surface area contributed by atoms with Crippen molar-refractivity contribution in [2.24, 2.45) is 10.3 Å². The fourth-order valence-corrected chi connectivity index (χ4v) is 3.05. The molecule has 2 heterocycles. The average molecular weight is 349 g/mol. The highest BCUT2D eigenvalue weighted by atomic mass is 16.2. The Labute approximate surface area is 149 Å². The fraction of sp³-hybridized carbons (Fsp3) is 0.167. The SMILES string of the molecule is O=C(CN1N=N[C@@H]2C(=O)N(c3ccccc3)C(=O)[C@H]21)Nc1ccccc1. The fourth-order valence-electron chi connectivity index (χ4n) is 3.05. The van der Waals surface area contributed by atoms with E-state index in [1.807, 2.05) is 6.07 Å². The first-order chi connectivity index (χ1) is 12.6. The van der Waals surface area contributed by atoms with Crippen LogP contribution in [0.3, 0.4) is 0 Å². The zero-order valence-corrected chi connectivity index (χ0v) is 13.6. The van der Waals surface area contributed by atoms with Gasteiger partial charge in [-0.15, -0.1) is 0 Å². The van der Waals surface area contributed by atoms with E-state index in [4.69, 9.17) is 0 Å². The number of carbonyl (C=O) groups is 3. The van der Waals surface area contributed by atoms with Gasteiger partial charge in [-0.1, -0.05) is 41.6 Å². The van der Waals surface area contributed by atoms with Crippen LogP contribution in [0.4, 0.5) is 11.4 Å². The minimum Gasteiger partial charge on any atom is -0.324 e. The number of amides is 3. The third-order valence-electron chi connectivity index (χ3n) is 4.24. The highest BCUT2D eigenvalue weighted by Gasteiger charge is 2.55. The van der Waals surface area contributed by atoms with E-state index in [1.54, 1.807) is 54.6 Å². The van der Waals surface area contributed by atoms with Crippen molar-refractivity contribution < 1.29 is 14.4 Å². The smallest absolute Gasteiger partial charge is 0.263 e. The molecular formula is C18H15N5O3. The second kappa shape index (κ2) is 6.40. The average Bonchev–Trinajstić information content (AvgIpc) is 3.17. The quantitative estimate of drug-likeness (QED) is 0.849. The molecule has 0 aliphatic carbocycles. The summed E-state index contributed by atoms with van der Waals surface area (Å²) < 4.78 is 0. The van der Waals surface area contributed by atoms with Gasteiger partial charge in [0.05, 0.1) is 5.69 Å². The van der Waals surface area contributed by atoms with Crippen LogP contribution < -0.4 is 10.2 Å². The number of hydrogen-bond donors (Lipinski definition) is 1. The summed E-state index contributed by atoms with van der Waals surface area (Å²) in [5.74, 6) is -1.20. The van der Waals surface area contributed by atoms with Gasteiger partial charge in [0.2, 0.25) is 5.91 Å². The maximum Gasteiger partial charge on any atom is 0.263 e. The first-order valence-electron chi connectivity index (χ1n) is 8.10. The third-order valence-corrected chi connectivity index (χ3v) is 4.24. The molecule has 8 nitrogen and oxygen atoms in total. The van der Waals surface area contributed by atoms with Gasteiger partial charge in [0.25, 0.3) is 11.8 Å². The first-order valence-corrected chi connectivity index (χ1v) is 8.10. The molecule has 2 aliphatic rings. The number of para-hydroxylation sites is 2. The molecule has 0 aromatic heterocycles. The summed E-state index contributed by atoms with van der Waals surface area (Å²) in [6.45, 7) is -0.165. The molecule has 1 saturated heterocycles. The van der Waals surface area contributed by atoms with Crippen LogP contribution in [0.25, 0.3) is 0 Å². The second-order valence-electron chi connectivity index (χ2n) is 5.95. The molecule has 0 radical (unpaired) electrons. The molecule has 26 heavy (non-hydrogen) atoms. The standard InChI is InChI=1S/C18H15N5O3/c24-14(19-12-7-3-1-4-8-12)11-22-16-15(20-21-22)17(25)23(18(16)26)13-9-5-2-6-10-13/h1-10,15-16H,11H2,(H,19,24)/t15-,16-/m0/s1. The number of nitrogens with zero attached hydrogens (tertiary/aromatic N) is 4. The molecule has 1 N–H and O–H groups in total. The van der Waals surface area contributed by atoms with Crippen molar-refractivity contribution >= 4 is 29.1 Å². The van der Waals surface area contributed by atoms with E-state index in [0.717, 1.165) is 4.90 Å². The van der Waals surface area contributed by atoms with E-state index in [1.165, 1.54) is 5.01 Å². The van der Waals surface area contributed by atoms with Crippen molar-refractivity contribution in [3.63, 3.8) is 0 Å².